The van der Waals surface area contributed by atoms with Crippen molar-refractivity contribution < 1.29 is 19.0 Å². The number of thiazole rings is 1. The minimum absolute atomic E-state index is 0.163. The molecule has 0 aliphatic carbocycles. The van der Waals surface area contributed by atoms with Crippen molar-refractivity contribution in [3.63, 3.8) is 0 Å². The molecule has 146 valence electrons. The lowest BCUT2D eigenvalue weighted by molar-refractivity contribution is -0.115. The van der Waals surface area contributed by atoms with E-state index in [1.54, 1.807) is 33.5 Å². The van der Waals surface area contributed by atoms with Gasteiger partial charge in [0.15, 0.2) is 16.6 Å². The lowest BCUT2D eigenvalue weighted by Crippen LogP contribution is -2.14. The summed E-state index contributed by atoms with van der Waals surface area (Å²) in [5.41, 5.74) is 3.81. The van der Waals surface area contributed by atoms with Crippen LogP contribution in [0, 0.1) is 6.92 Å². The summed E-state index contributed by atoms with van der Waals surface area (Å²) in [6.07, 6.45) is 0.163. The molecule has 0 fully saturated rings. The number of amides is 1. The van der Waals surface area contributed by atoms with E-state index in [0.29, 0.717) is 22.4 Å². The summed E-state index contributed by atoms with van der Waals surface area (Å²) in [6.45, 7) is 2.04. The molecule has 2 aromatic carbocycles. The Morgan fingerprint density at radius 2 is 1.68 bits per heavy atom. The van der Waals surface area contributed by atoms with Gasteiger partial charge in [-0.2, -0.15) is 0 Å². The normalized spacial score (nSPS) is 10.4. The van der Waals surface area contributed by atoms with Crippen molar-refractivity contribution in [2.75, 3.05) is 26.6 Å². The topological polar surface area (TPSA) is 69.7 Å². The predicted molar refractivity (Wildman–Crippen MR) is 111 cm³/mol. The Labute approximate surface area is 168 Å². The minimum atomic E-state index is -0.168. The second-order valence-corrected chi connectivity index (χ2v) is 7.02. The van der Waals surface area contributed by atoms with E-state index in [-0.39, 0.29) is 12.3 Å². The first kappa shape index (κ1) is 19.7. The van der Waals surface area contributed by atoms with Crippen LogP contribution in [-0.4, -0.2) is 32.2 Å². The second kappa shape index (κ2) is 8.75. The fourth-order valence-electron chi connectivity index (χ4n) is 2.77. The number of nitrogens with one attached hydrogen (secondary N) is 1. The summed E-state index contributed by atoms with van der Waals surface area (Å²) < 4.78 is 16.0. The maximum Gasteiger partial charge on any atom is 0.230 e. The predicted octanol–water partition coefficient (Wildman–Crippen LogP) is 4.33. The first-order chi connectivity index (χ1) is 13.5. The van der Waals surface area contributed by atoms with Crippen LogP contribution in [0.15, 0.2) is 41.8 Å². The van der Waals surface area contributed by atoms with Crippen molar-refractivity contribution in [1.82, 2.24) is 4.98 Å². The van der Waals surface area contributed by atoms with Crippen LogP contribution in [0.3, 0.4) is 0 Å². The lowest BCUT2D eigenvalue weighted by Gasteiger charge is -2.13. The number of methoxy groups -OCH3 is 3. The molecule has 0 bridgehead atoms. The van der Waals surface area contributed by atoms with E-state index in [4.69, 9.17) is 14.2 Å². The molecule has 1 N–H and O–H groups in total. The van der Waals surface area contributed by atoms with Crippen LogP contribution < -0.4 is 19.5 Å². The molecule has 0 saturated carbocycles. The average molecular weight is 398 g/mol. The quantitative estimate of drug-likeness (QED) is 0.642. The Bertz CT molecular complexity index is 942. The third-order valence-corrected chi connectivity index (χ3v) is 4.94. The molecule has 0 aliphatic rings. The molecule has 1 amide bonds. The van der Waals surface area contributed by atoms with Gasteiger partial charge < -0.3 is 19.5 Å². The third-order valence-electron chi connectivity index (χ3n) is 4.19. The van der Waals surface area contributed by atoms with Crippen LogP contribution >= 0.6 is 11.3 Å². The molecule has 3 aromatic rings. The molecule has 7 heteroatoms. The van der Waals surface area contributed by atoms with Crippen LogP contribution in [-0.2, 0) is 11.2 Å². The summed E-state index contributed by atoms with van der Waals surface area (Å²) >= 11 is 1.40. The molecule has 0 spiro atoms. The number of aromatic nitrogens is 1. The Morgan fingerprint density at radius 1 is 1.04 bits per heavy atom. The number of carbonyl (C=O) groups excluding carboxylic acids is 1. The molecule has 0 saturated heterocycles. The van der Waals surface area contributed by atoms with Crippen molar-refractivity contribution in [3.05, 3.63) is 52.9 Å². The summed E-state index contributed by atoms with van der Waals surface area (Å²) in [4.78, 5) is 17.0. The molecule has 0 radical (unpaired) electrons. The van der Waals surface area contributed by atoms with Gasteiger partial charge in [0.25, 0.3) is 0 Å². The van der Waals surface area contributed by atoms with Gasteiger partial charge in [-0.3, -0.25) is 4.79 Å². The van der Waals surface area contributed by atoms with Gasteiger partial charge in [0.2, 0.25) is 11.7 Å². The van der Waals surface area contributed by atoms with Crippen molar-refractivity contribution >= 4 is 22.4 Å². The zero-order valence-electron chi connectivity index (χ0n) is 16.2. The van der Waals surface area contributed by atoms with Gasteiger partial charge in [-0.25, -0.2) is 4.98 Å². The van der Waals surface area contributed by atoms with Gasteiger partial charge in [0, 0.05) is 10.9 Å². The van der Waals surface area contributed by atoms with Gasteiger partial charge in [0.05, 0.1) is 33.4 Å². The molecular weight excluding hydrogens is 376 g/mol. The Hall–Kier alpha value is -3.06. The standard InChI is InChI=1S/C21H22N2O4S/c1-13-5-7-15(8-6-13)16-12-28-21(22-16)23-19(24)11-14-9-17(25-2)20(27-4)18(10-14)26-3/h5-10,12H,11H2,1-4H3,(H,22,23,24). The molecular formula is C21H22N2O4S. The van der Waals surface area contributed by atoms with Crippen LogP contribution in [0.4, 0.5) is 5.13 Å². The largest absolute Gasteiger partial charge is 0.493 e. The zero-order chi connectivity index (χ0) is 20.1. The molecule has 0 unspecified atom stereocenters. The van der Waals surface area contributed by atoms with Crippen molar-refractivity contribution in [2.45, 2.75) is 13.3 Å². The van der Waals surface area contributed by atoms with Crippen LogP contribution in [0.25, 0.3) is 11.3 Å². The van der Waals surface area contributed by atoms with E-state index in [1.807, 2.05) is 36.6 Å². The molecule has 6 nitrogen and oxygen atoms in total. The average Bonchev–Trinajstić information content (AvgIpc) is 3.15. The number of carbonyl (C=O) groups is 1. The summed E-state index contributed by atoms with van der Waals surface area (Å²) in [5.74, 6) is 1.36. The van der Waals surface area contributed by atoms with Gasteiger partial charge in [-0.1, -0.05) is 29.8 Å². The number of hydrogen-bond donors (Lipinski definition) is 1. The van der Waals surface area contributed by atoms with Gasteiger partial charge in [-0.05, 0) is 24.6 Å². The summed E-state index contributed by atoms with van der Waals surface area (Å²) in [6, 6.07) is 11.6. The third kappa shape index (κ3) is 4.43. The summed E-state index contributed by atoms with van der Waals surface area (Å²) in [7, 11) is 4.63. The smallest absolute Gasteiger partial charge is 0.230 e. The number of anilines is 1. The molecule has 1 heterocycles. The highest BCUT2D eigenvalue weighted by Gasteiger charge is 2.15. The van der Waals surface area contributed by atoms with Gasteiger partial charge in [0.1, 0.15) is 0 Å². The second-order valence-electron chi connectivity index (χ2n) is 6.16. The molecule has 3 rings (SSSR count). The maximum atomic E-state index is 12.5. The van der Waals surface area contributed by atoms with Crippen LogP contribution in [0.1, 0.15) is 11.1 Å². The van der Waals surface area contributed by atoms with Crippen molar-refractivity contribution in [1.29, 1.82) is 0 Å². The molecule has 28 heavy (non-hydrogen) atoms. The first-order valence-electron chi connectivity index (χ1n) is 8.65. The zero-order valence-corrected chi connectivity index (χ0v) is 17.1. The van der Waals surface area contributed by atoms with E-state index in [2.05, 4.69) is 10.3 Å². The maximum absolute atomic E-state index is 12.5. The molecule has 0 atom stereocenters. The highest BCUT2D eigenvalue weighted by Crippen LogP contribution is 2.38. The first-order valence-corrected chi connectivity index (χ1v) is 9.53. The van der Waals surface area contributed by atoms with E-state index >= 15 is 0 Å². The Kier molecular flexibility index (Phi) is 6.16. The van der Waals surface area contributed by atoms with Gasteiger partial charge >= 0.3 is 0 Å². The van der Waals surface area contributed by atoms with E-state index in [9.17, 15) is 4.79 Å². The highest BCUT2D eigenvalue weighted by molar-refractivity contribution is 7.14. The minimum Gasteiger partial charge on any atom is -0.493 e. The number of hydrogen-bond acceptors (Lipinski definition) is 6. The van der Waals surface area contributed by atoms with Crippen LogP contribution in [0.2, 0.25) is 0 Å². The monoisotopic (exact) mass is 398 g/mol. The Morgan fingerprint density at radius 3 is 2.25 bits per heavy atom. The lowest BCUT2D eigenvalue weighted by atomic mass is 10.1. The fraction of sp³-hybridized carbons (Fsp3) is 0.238. The van der Waals surface area contributed by atoms with Gasteiger partial charge in [-0.15, -0.1) is 11.3 Å². The number of aryl methyl sites for hydroxylation is 1. The van der Waals surface area contributed by atoms with E-state index < -0.39 is 0 Å². The number of rotatable bonds is 7. The SMILES string of the molecule is COc1cc(CC(=O)Nc2nc(-c3ccc(C)cc3)cs2)cc(OC)c1OC. The van der Waals surface area contributed by atoms with Crippen molar-refractivity contribution in [3.8, 4) is 28.5 Å². The fourth-order valence-corrected chi connectivity index (χ4v) is 3.51. The molecule has 0 aliphatic heterocycles. The van der Waals surface area contributed by atoms with Crippen molar-refractivity contribution in [2.24, 2.45) is 0 Å². The Balaban J connectivity index is 1.72. The van der Waals surface area contributed by atoms with E-state index in [0.717, 1.165) is 16.8 Å². The summed E-state index contributed by atoms with van der Waals surface area (Å²) in [5, 5.41) is 5.34. The number of ether oxygens (including phenoxy) is 3. The number of benzene rings is 2. The van der Waals surface area contributed by atoms with E-state index in [1.165, 1.54) is 16.9 Å². The molecule has 1 aromatic heterocycles. The van der Waals surface area contributed by atoms with Crippen LogP contribution in [0.5, 0.6) is 17.2 Å². The highest BCUT2D eigenvalue weighted by atomic mass is 32.1. The number of nitrogens with zero attached hydrogens (tertiary/aromatic N) is 1.